The highest BCUT2D eigenvalue weighted by Crippen LogP contribution is 2.19. The van der Waals surface area contributed by atoms with Crippen LogP contribution in [-0.2, 0) is 20.0 Å². The number of hydrogen-bond acceptors (Lipinski definition) is 6. The standard InChI is InChI=1S/C8H16N2O4S4/c1-3-17(11,12)9-5-7-15-16-8-6-10-18(13,14)4-2/h3-4,9-10H,1-2,5-8H2. The third-order valence-corrected chi connectivity index (χ3v) is 6.00. The lowest BCUT2D eigenvalue weighted by Crippen LogP contribution is -2.24. The van der Waals surface area contributed by atoms with Gasteiger partial charge in [-0.15, -0.1) is 0 Å². The molecule has 0 rings (SSSR count). The van der Waals surface area contributed by atoms with Gasteiger partial charge in [0.25, 0.3) is 0 Å². The van der Waals surface area contributed by atoms with Crippen LogP contribution in [0.4, 0.5) is 0 Å². The summed E-state index contributed by atoms with van der Waals surface area (Å²) in [5.74, 6) is 1.18. The number of sulfonamides is 2. The zero-order valence-corrected chi connectivity index (χ0v) is 12.9. The Morgan fingerprint density at radius 3 is 1.44 bits per heavy atom. The van der Waals surface area contributed by atoms with E-state index in [1.54, 1.807) is 0 Å². The maximum atomic E-state index is 10.9. The van der Waals surface area contributed by atoms with Gasteiger partial charge in [0.05, 0.1) is 0 Å². The first-order valence-corrected chi connectivity index (χ1v) is 10.4. The summed E-state index contributed by atoms with van der Waals surface area (Å²) in [6.45, 7) is 6.95. The molecule has 0 aromatic carbocycles. The highest BCUT2D eigenvalue weighted by molar-refractivity contribution is 8.76. The molecule has 0 unspecified atom stereocenters. The molecule has 0 spiro atoms. The van der Waals surface area contributed by atoms with Crippen LogP contribution in [-0.4, -0.2) is 41.4 Å². The van der Waals surface area contributed by atoms with Gasteiger partial charge in [-0.05, 0) is 0 Å². The van der Waals surface area contributed by atoms with Crippen LogP contribution >= 0.6 is 21.6 Å². The second-order valence-corrected chi connectivity index (χ2v) is 8.98. The highest BCUT2D eigenvalue weighted by atomic mass is 33.1. The summed E-state index contributed by atoms with van der Waals surface area (Å²) in [6.07, 6.45) is 0. The molecule has 0 atom stereocenters. The van der Waals surface area contributed by atoms with E-state index in [9.17, 15) is 16.8 Å². The SMILES string of the molecule is C=CS(=O)(=O)NCCSSCCNS(=O)(=O)C=C. The first kappa shape index (κ1) is 18.0. The molecular formula is C8H16N2O4S4. The molecule has 0 bridgehead atoms. The lowest BCUT2D eigenvalue weighted by Gasteiger charge is -2.03. The summed E-state index contributed by atoms with van der Waals surface area (Å²) in [5, 5.41) is 1.71. The van der Waals surface area contributed by atoms with Crippen LogP contribution in [0.15, 0.2) is 24.0 Å². The van der Waals surface area contributed by atoms with Gasteiger partial charge < -0.3 is 0 Å². The average Bonchev–Trinajstić information content (AvgIpc) is 2.32. The van der Waals surface area contributed by atoms with Crippen molar-refractivity contribution in [2.45, 2.75) is 0 Å². The van der Waals surface area contributed by atoms with Crippen molar-refractivity contribution in [2.24, 2.45) is 0 Å². The van der Waals surface area contributed by atoms with Crippen LogP contribution in [0.2, 0.25) is 0 Å². The topological polar surface area (TPSA) is 92.3 Å². The van der Waals surface area contributed by atoms with E-state index in [-0.39, 0.29) is 0 Å². The third kappa shape index (κ3) is 9.97. The van der Waals surface area contributed by atoms with Gasteiger partial charge in [0.1, 0.15) is 0 Å². The lowest BCUT2D eigenvalue weighted by atomic mass is 10.8. The Kier molecular flexibility index (Phi) is 8.99. The molecule has 0 aliphatic carbocycles. The van der Waals surface area contributed by atoms with Crippen molar-refractivity contribution >= 4 is 41.6 Å². The zero-order valence-electron chi connectivity index (χ0n) is 9.66. The summed E-state index contributed by atoms with van der Waals surface area (Å²) in [4.78, 5) is 0. The zero-order chi connectivity index (χ0) is 14.1. The van der Waals surface area contributed by atoms with E-state index in [0.717, 1.165) is 10.8 Å². The smallest absolute Gasteiger partial charge is 0.211 e. The molecule has 0 aliphatic heterocycles. The molecule has 0 fully saturated rings. The van der Waals surface area contributed by atoms with Crippen LogP contribution < -0.4 is 9.44 Å². The van der Waals surface area contributed by atoms with Crippen LogP contribution in [0.25, 0.3) is 0 Å². The van der Waals surface area contributed by atoms with E-state index in [1.165, 1.54) is 21.6 Å². The molecule has 0 aliphatic rings. The molecule has 0 radical (unpaired) electrons. The molecule has 0 aromatic heterocycles. The molecule has 18 heavy (non-hydrogen) atoms. The van der Waals surface area contributed by atoms with Gasteiger partial charge in [0.2, 0.25) is 20.0 Å². The van der Waals surface area contributed by atoms with E-state index in [2.05, 4.69) is 22.6 Å². The first-order chi connectivity index (χ1) is 8.33. The fourth-order valence-electron chi connectivity index (χ4n) is 0.687. The minimum absolute atomic E-state index is 0.310. The van der Waals surface area contributed by atoms with Crippen LogP contribution in [0, 0.1) is 0 Å². The van der Waals surface area contributed by atoms with Crippen molar-refractivity contribution in [3.05, 3.63) is 24.0 Å². The Morgan fingerprint density at radius 2 is 1.17 bits per heavy atom. The van der Waals surface area contributed by atoms with E-state index in [0.29, 0.717) is 24.6 Å². The van der Waals surface area contributed by atoms with Crippen molar-refractivity contribution in [2.75, 3.05) is 24.6 Å². The average molecular weight is 332 g/mol. The third-order valence-electron chi connectivity index (χ3n) is 1.50. The quantitative estimate of drug-likeness (QED) is 0.423. The number of nitrogens with one attached hydrogen (secondary N) is 2. The summed E-state index contributed by atoms with van der Waals surface area (Å²) in [5.41, 5.74) is 0. The summed E-state index contributed by atoms with van der Waals surface area (Å²) < 4.78 is 48.4. The maximum Gasteiger partial charge on any atom is 0.233 e. The molecule has 0 aromatic rings. The Bertz CT molecular complexity index is 413. The monoisotopic (exact) mass is 332 g/mol. The predicted octanol–water partition coefficient (Wildman–Crippen LogP) is 0.494. The number of rotatable bonds is 11. The lowest BCUT2D eigenvalue weighted by molar-refractivity contribution is 0.591. The van der Waals surface area contributed by atoms with Gasteiger partial charge in [-0.25, -0.2) is 26.3 Å². The molecule has 0 amide bonds. The fourth-order valence-corrected chi connectivity index (χ4v) is 3.77. The Labute approximate surface area is 116 Å². The normalized spacial score (nSPS) is 12.2. The molecule has 106 valence electrons. The predicted molar refractivity (Wildman–Crippen MR) is 79.2 cm³/mol. The van der Waals surface area contributed by atoms with Crippen molar-refractivity contribution in [3.8, 4) is 0 Å². The van der Waals surface area contributed by atoms with Gasteiger partial charge in [-0.1, -0.05) is 34.7 Å². The van der Waals surface area contributed by atoms with E-state index >= 15 is 0 Å². The van der Waals surface area contributed by atoms with E-state index in [4.69, 9.17) is 0 Å². The molecular weight excluding hydrogens is 316 g/mol. The first-order valence-electron chi connectivity index (χ1n) is 4.81. The minimum atomic E-state index is -3.35. The molecule has 0 saturated carbocycles. The maximum absolute atomic E-state index is 10.9. The summed E-state index contributed by atoms with van der Waals surface area (Å²) >= 11 is 0. The van der Waals surface area contributed by atoms with Crippen LogP contribution in [0.3, 0.4) is 0 Å². The molecule has 2 N–H and O–H groups in total. The Balaban J connectivity index is 3.48. The van der Waals surface area contributed by atoms with Gasteiger partial charge >= 0.3 is 0 Å². The molecule has 10 heteroatoms. The fraction of sp³-hybridized carbons (Fsp3) is 0.500. The molecule has 0 heterocycles. The van der Waals surface area contributed by atoms with Crippen molar-refractivity contribution < 1.29 is 16.8 Å². The minimum Gasteiger partial charge on any atom is -0.211 e. The van der Waals surface area contributed by atoms with E-state index in [1.807, 2.05) is 0 Å². The number of hydrogen-bond donors (Lipinski definition) is 2. The van der Waals surface area contributed by atoms with Crippen molar-refractivity contribution in [1.29, 1.82) is 0 Å². The van der Waals surface area contributed by atoms with Crippen LogP contribution in [0.5, 0.6) is 0 Å². The van der Waals surface area contributed by atoms with Crippen molar-refractivity contribution in [1.82, 2.24) is 9.44 Å². The molecule has 0 saturated heterocycles. The van der Waals surface area contributed by atoms with Crippen molar-refractivity contribution in [3.63, 3.8) is 0 Å². The highest BCUT2D eigenvalue weighted by Gasteiger charge is 2.03. The van der Waals surface area contributed by atoms with Gasteiger partial charge in [-0.2, -0.15) is 0 Å². The second-order valence-electron chi connectivity index (χ2n) is 2.86. The summed E-state index contributed by atoms with van der Waals surface area (Å²) in [7, 11) is -3.79. The van der Waals surface area contributed by atoms with Gasteiger partial charge in [-0.3, -0.25) is 0 Å². The summed E-state index contributed by atoms with van der Waals surface area (Å²) in [6, 6.07) is 0. The van der Waals surface area contributed by atoms with Gasteiger partial charge in [0, 0.05) is 35.4 Å². The molecule has 6 nitrogen and oxygen atoms in total. The van der Waals surface area contributed by atoms with E-state index < -0.39 is 20.0 Å². The van der Waals surface area contributed by atoms with Crippen LogP contribution in [0.1, 0.15) is 0 Å². The Morgan fingerprint density at radius 1 is 0.833 bits per heavy atom. The second kappa shape index (κ2) is 8.99. The Hall–Kier alpha value is -0.000000000000000111. The largest absolute Gasteiger partial charge is 0.233 e. The van der Waals surface area contributed by atoms with Gasteiger partial charge in [0.15, 0.2) is 0 Å².